The SMILES string of the molecule is CCOC(=O)N1CCn2c(C)cc3c(-c4ccc(Cl)cc4)c(CC(=O)O)c(C)c1c32. The molecule has 0 aliphatic carbocycles. The predicted octanol–water partition coefficient (Wildman–Crippen LogP) is 5.18. The van der Waals surface area contributed by atoms with Crippen molar-refractivity contribution in [2.45, 2.75) is 33.7 Å². The number of rotatable bonds is 4. The fraction of sp³-hybridized carbons (Fsp3) is 0.304. The van der Waals surface area contributed by atoms with E-state index in [1.54, 1.807) is 24.0 Å². The third-order valence-corrected chi connectivity index (χ3v) is 5.93. The van der Waals surface area contributed by atoms with E-state index in [4.69, 9.17) is 16.3 Å². The van der Waals surface area contributed by atoms with E-state index in [-0.39, 0.29) is 13.0 Å². The van der Waals surface area contributed by atoms with Gasteiger partial charge in [0.05, 0.1) is 24.2 Å². The number of anilines is 1. The molecular formula is C23H23ClN2O4. The molecule has 0 fully saturated rings. The lowest BCUT2D eigenvalue weighted by atomic mass is 9.88. The molecule has 0 radical (unpaired) electrons. The molecule has 1 N–H and O–H groups in total. The Hall–Kier alpha value is -2.99. The molecule has 0 unspecified atom stereocenters. The normalized spacial score (nSPS) is 13.0. The van der Waals surface area contributed by atoms with Crippen LogP contribution in [0, 0.1) is 13.8 Å². The molecule has 156 valence electrons. The molecule has 1 aliphatic rings. The average Bonchev–Trinajstić information content (AvgIpc) is 3.03. The van der Waals surface area contributed by atoms with E-state index in [1.807, 2.05) is 26.0 Å². The summed E-state index contributed by atoms with van der Waals surface area (Å²) in [6.07, 6.45) is -0.555. The molecule has 4 rings (SSSR count). The van der Waals surface area contributed by atoms with Gasteiger partial charge in [-0.15, -0.1) is 0 Å². The molecule has 2 heterocycles. The third kappa shape index (κ3) is 3.21. The number of aliphatic carboxylic acids is 1. The van der Waals surface area contributed by atoms with Crippen LogP contribution >= 0.6 is 11.6 Å². The minimum absolute atomic E-state index is 0.145. The van der Waals surface area contributed by atoms with E-state index in [1.165, 1.54) is 0 Å². The highest BCUT2D eigenvalue weighted by Crippen LogP contribution is 2.45. The Kier molecular flexibility index (Phi) is 5.20. The number of hydrogen-bond acceptors (Lipinski definition) is 3. The first-order valence-electron chi connectivity index (χ1n) is 9.90. The van der Waals surface area contributed by atoms with E-state index < -0.39 is 12.1 Å². The van der Waals surface area contributed by atoms with Gasteiger partial charge in [0, 0.05) is 29.2 Å². The van der Waals surface area contributed by atoms with Gasteiger partial charge in [-0.3, -0.25) is 9.69 Å². The first-order valence-corrected chi connectivity index (χ1v) is 10.3. The second-order valence-electron chi connectivity index (χ2n) is 7.45. The lowest BCUT2D eigenvalue weighted by molar-refractivity contribution is -0.136. The number of carboxylic acids is 1. The van der Waals surface area contributed by atoms with Crippen molar-refractivity contribution in [1.29, 1.82) is 0 Å². The Balaban J connectivity index is 2.09. The Labute approximate surface area is 179 Å². The topological polar surface area (TPSA) is 71.8 Å². The number of carbonyl (C=O) groups excluding carboxylic acids is 1. The molecule has 1 aliphatic heterocycles. The highest BCUT2D eigenvalue weighted by atomic mass is 35.5. The number of aromatic nitrogens is 1. The van der Waals surface area contributed by atoms with Crippen LogP contribution in [0.1, 0.15) is 23.7 Å². The Morgan fingerprint density at radius 2 is 1.87 bits per heavy atom. The molecule has 0 saturated carbocycles. The van der Waals surface area contributed by atoms with Crippen LogP contribution in [0.4, 0.5) is 10.5 Å². The second kappa shape index (κ2) is 7.69. The number of aryl methyl sites for hydroxylation is 1. The maximum atomic E-state index is 12.7. The number of nitrogens with zero attached hydrogens (tertiary/aromatic N) is 2. The van der Waals surface area contributed by atoms with Gasteiger partial charge in [0.15, 0.2) is 0 Å². The van der Waals surface area contributed by atoms with Crippen LogP contribution in [0.5, 0.6) is 0 Å². The van der Waals surface area contributed by atoms with Gasteiger partial charge in [-0.1, -0.05) is 23.7 Å². The number of carbonyl (C=O) groups is 2. The van der Waals surface area contributed by atoms with Gasteiger partial charge in [0.2, 0.25) is 0 Å². The van der Waals surface area contributed by atoms with E-state index in [9.17, 15) is 14.7 Å². The molecule has 30 heavy (non-hydrogen) atoms. The quantitative estimate of drug-likeness (QED) is 0.623. The third-order valence-electron chi connectivity index (χ3n) is 5.67. The largest absolute Gasteiger partial charge is 0.481 e. The van der Waals surface area contributed by atoms with Crippen LogP contribution in [0.15, 0.2) is 30.3 Å². The van der Waals surface area contributed by atoms with E-state index >= 15 is 0 Å². The minimum Gasteiger partial charge on any atom is -0.481 e. The fourth-order valence-corrected chi connectivity index (χ4v) is 4.55. The van der Waals surface area contributed by atoms with Crippen LogP contribution in [0.25, 0.3) is 22.0 Å². The number of halogens is 1. The molecule has 7 heteroatoms. The number of ether oxygens (including phenoxy) is 1. The number of amides is 1. The Morgan fingerprint density at radius 1 is 1.17 bits per heavy atom. The number of hydrogen-bond donors (Lipinski definition) is 1. The predicted molar refractivity (Wildman–Crippen MR) is 118 cm³/mol. The molecule has 0 saturated heterocycles. The summed E-state index contributed by atoms with van der Waals surface area (Å²) >= 11 is 6.09. The summed E-state index contributed by atoms with van der Waals surface area (Å²) in [5.74, 6) is -0.922. The number of carboxylic acid groups (broad SMARTS) is 1. The van der Waals surface area contributed by atoms with Gasteiger partial charge in [0.25, 0.3) is 0 Å². The monoisotopic (exact) mass is 426 g/mol. The fourth-order valence-electron chi connectivity index (χ4n) is 4.43. The van der Waals surface area contributed by atoms with Crippen LogP contribution in [0.2, 0.25) is 5.02 Å². The molecule has 0 bridgehead atoms. The average molecular weight is 427 g/mol. The smallest absolute Gasteiger partial charge is 0.414 e. The maximum absolute atomic E-state index is 12.7. The zero-order valence-corrected chi connectivity index (χ0v) is 17.9. The minimum atomic E-state index is -0.922. The molecule has 2 aromatic carbocycles. The van der Waals surface area contributed by atoms with Crippen LogP contribution in [0.3, 0.4) is 0 Å². The van der Waals surface area contributed by atoms with Crippen molar-refractivity contribution in [3.63, 3.8) is 0 Å². The van der Waals surface area contributed by atoms with Crippen molar-refractivity contribution in [1.82, 2.24) is 4.57 Å². The van der Waals surface area contributed by atoms with Crippen LogP contribution in [-0.4, -0.2) is 34.9 Å². The van der Waals surface area contributed by atoms with E-state index in [0.29, 0.717) is 23.7 Å². The molecule has 1 amide bonds. The van der Waals surface area contributed by atoms with Crippen molar-refractivity contribution in [2.75, 3.05) is 18.1 Å². The summed E-state index contributed by atoms with van der Waals surface area (Å²) < 4.78 is 7.48. The molecule has 0 atom stereocenters. The van der Waals surface area contributed by atoms with Crippen molar-refractivity contribution in [3.05, 3.63) is 52.2 Å². The summed E-state index contributed by atoms with van der Waals surface area (Å²) in [6, 6.07) is 9.49. The summed E-state index contributed by atoms with van der Waals surface area (Å²) in [5, 5.41) is 11.2. The van der Waals surface area contributed by atoms with Crippen molar-refractivity contribution < 1.29 is 19.4 Å². The lowest BCUT2D eigenvalue weighted by Crippen LogP contribution is -2.38. The summed E-state index contributed by atoms with van der Waals surface area (Å²) in [7, 11) is 0. The van der Waals surface area contributed by atoms with Crippen LogP contribution < -0.4 is 4.90 Å². The Bertz CT molecular complexity index is 1160. The van der Waals surface area contributed by atoms with Crippen LogP contribution in [-0.2, 0) is 22.5 Å². The summed E-state index contributed by atoms with van der Waals surface area (Å²) in [4.78, 5) is 26.1. The van der Waals surface area contributed by atoms with Crippen molar-refractivity contribution in [3.8, 4) is 11.1 Å². The van der Waals surface area contributed by atoms with E-state index in [0.717, 1.165) is 39.0 Å². The highest BCUT2D eigenvalue weighted by Gasteiger charge is 2.32. The van der Waals surface area contributed by atoms with Crippen molar-refractivity contribution in [2.24, 2.45) is 0 Å². The van der Waals surface area contributed by atoms with Gasteiger partial charge in [-0.25, -0.2) is 4.79 Å². The van der Waals surface area contributed by atoms with Crippen molar-refractivity contribution >= 4 is 40.3 Å². The van der Waals surface area contributed by atoms with Gasteiger partial charge in [0.1, 0.15) is 0 Å². The summed E-state index contributed by atoms with van der Waals surface area (Å²) in [6.45, 7) is 7.10. The molecule has 0 spiro atoms. The standard InChI is InChI=1S/C23H23ClN2O4/c1-4-30-23(29)26-10-9-25-13(2)11-18-20(15-5-7-16(24)8-6-15)17(12-19(27)28)14(3)21(26)22(18)25/h5-8,11H,4,9-10,12H2,1-3H3,(H,27,28). The molecule has 6 nitrogen and oxygen atoms in total. The highest BCUT2D eigenvalue weighted by molar-refractivity contribution is 6.30. The van der Waals surface area contributed by atoms with E-state index in [2.05, 4.69) is 10.6 Å². The first-order chi connectivity index (χ1) is 14.3. The molecule has 1 aromatic heterocycles. The molecule has 3 aromatic rings. The Morgan fingerprint density at radius 3 is 2.50 bits per heavy atom. The first kappa shape index (κ1) is 20.3. The molecular weight excluding hydrogens is 404 g/mol. The maximum Gasteiger partial charge on any atom is 0.414 e. The number of benzene rings is 2. The second-order valence-corrected chi connectivity index (χ2v) is 7.89. The van der Waals surface area contributed by atoms with Gasteiger partial charge < -0.3 is 14.4 Å². The van der Waals surface area contributed by atoms with Gasteiger partial charge in [-0.05, 0) is 61.2 Å². The zero-order valence-electron chi connectivity index (χ0n) is 17.2. The lowest BCUT2D eigenvalue weighted by Gasteiger charge is -2.32. The van der Waals surface area contributed by atoms with Gasteiger partial charge >= 0.3 is 12.1 Å². The summed E-state index contributed by atoms with van der Waals surface area (Å²) in [5.41, 5.74) is 5.98. The van der Waals surface area contributed by atoms with Gasteiger partial charge in [-0.2, -0.15) is 0 Å². The zero-order chi connectivity index (χ0) is 21.6.